The second-order valence-corrected chi connectivity index (χ2v) is 14.9. The van der Waals surface area contributed by atoms with Crippen molar-refractivity contribution >= 4 is 60.8 Å². The fourth-order valence-corrected chi connectivity index (χ4v) is 8.91. The van der Waals surface area contributed by atoms with E-state index in [1.54, 1.807) is 0 Å². The van der Waals surface area contributed by atoms with E-state index in [0.717, 1.165) is 66.9 Å². The largest absolute Gasteiger partial charge is 0.455 e. The van der Waals surface area contributed by atoms with Gasteiger partial charge in [0.15, 0.2) is 0 Å². The van der Waals surface area contributed by atoms with E-state index in [1.165, 1.54) is 38.5 Å². The Morgan fingerprint density at radius 3 is 1.72 bits per heavy atom. The third-order valence-electron chi connectivity index (χ3n) is 11.5. The first-order chi connectivity index (χ1) is 28.7. The summed E-state index contributed by atoms with van der Waals surface area (Å²) in [6, 6.07) is 76.0. The maximum atomic E-state index is 6.96. The number of aryl methyl sites for hydroxylation is 1. The molecule has 11 rings (SSSR count). The molecule has 58 heavy (non-hydrogen) atoms. The van der Waals surface area contributed by atoms with Crippen LogP contribution >= 0.6 is 0 Å². The zero-order chi connectivity index (χ0) is 38.6. The van der Waals surface area contributed by atoms with Gasteiger partial charge in [0, 0.05) is 38.7 Å². The molecular weight excluding hydrogens is 705 g/mol. The minimum atomic E-state index is 0.859. The minimum absolute atomic E-state index is 0.859. The van der Waals surface area contributed by atoms with E-state index in [9.17, 15) is 0 Å². The van der Waals surface area contributed by atoms with Crippen molar-refractivity contribution in [3.8, 4) is 39.1 Å². The standard InChI is InChI=1S/C55H38N2O/c1-37-34-41(38-18-5-2-6-19-38)36-48(39-20-7-3-8-21-39)54(37)57(42-23-9-4-10-24-42)51-33-32-44(55-53(51)47-28-13-16-31-52(47)58-55)40-22-17-25-43(35-40)56-49-29-14-11-26-45(49)46-27-12-15-30-50(46)56/h2-36H,1H3. The molecule has 0 amide bonds. The van der Waals surface area contributed by atoms with Gasteiger partial charge in [0.05, 0.1) is 27.8 Å². The number of nitrogens with zero attached hydrogens (tertiary/aromatic N) is 2. The number of aromatic nitrogens is 1. The summed E-state index contributed by atoms with van der Waals surface area (Å²) in [5.74, 6) is 0. The van der Waals surface area contributed by atoms with Crippen LogP contribution in [0, 0.1) is 6.92 Å². The molecule has 2 aromatic heterocycles. The Morgan fingerprint density at radius 1 is 0.431 bits per heavy atom. The molecule has 3 heteroatoms. The number of anilines is 3. The zero-order valence-electron chi connectivity index (χ0n) is 32.0. The summed E-state index contributed by atoms with van der Waals surface area (Å²) in [6.45, 7) is 2.24. The number of hydrogen-bond donors (Lipinski definition) is 0. The third kappa shape index (κ3) is 5.51. The molecule has 0 unspecified atom stereocenters. The van der Waals surface area contributed by atoms with Crippen molar-refractivity contribution in [2.75, 3.05) is 4.90 Å². The molecule has 0 fully saturated rings. The molecule has 0 saturated heterocycles. The average Bonchev–Trinajstić information content (AvgIpc) is 3.85. The van der Waals surface area contributed by atoms with Crippen LogP contribution in [0.4, 0.5) is 17.1 Å². The van der Waals surface area contributed by atoms with E-state index in [-0.39, 0.29) is 0 Å². The van der Waals surface area contributed by atoms with Gasteiger partial charge in [-0.1, -0.05) is 146 Å². The molecule has 0 spiro atoms. The van der Waals surface area contributed by atoms with Crippen molar-refractivity contribution in [3.05, 3.63) is 218 Å². The lowest BCUT2D eigenvalue weighted by Crippen LogP contribution is -2.13. The SMILES string of the molecule is Cc1cc(-c2ccccc2)cc(-c2ccccc2)c1N(c1ccccc1)c1ccc(-c2cccc(-n3c4ccccc4c4ccccc43)c2)c2oc3ccccc3c12. The van der Waals surface area contributed by atoms with Crippen LogP contribution in [0.5, 0.6) is 0 Å². The molecule has 3 nitrogen and oxygen atoms in total. The molecule has 2 heterocycles. The van der Waals surface area contributed by atoms with Crippen LogP contribution in [-0.4, -0.2) is 4.57 Å². The first-order valence-electron chi connectivity index (χ1n) is 19.9. The van der Waals surface area contributed by atoms with Crippen LogP contribution < -0.4 is 4.90 Å². The molecular formula is C55H38N2O. The van der Waals surface area contributed by atoms with E-state index >= 15 is 0 Å². The smallest absolute Gasteiger partial charge is 0.145 e. The van der Waals surface area contributed by atoms with Gasteiger partial charge < -0.3 is 13.9 Å². The summed E-state index contributed by atoms with van der Waals surface area (Å²) in [5.41, 5.74) is 16.5. The summed E-state index contributed by atoms with van der Waals surface area (Å²) in [6.07, 6.45) is 0. The van der Waals surface area contributed by atoms with Gasteiger partial charge >= 0.3 is 0 Å². The molecule has 0 aliphatic carbocycles. The second-order valence-electron chi connectivity index (χ2n) is 14.9. The van der Waals surface area contributed by atoms with Crippen molar-refractivity contribution in [3.63, 3.8) is 0 Å². The van der Waals surface area contributed by atoms with E-state index in [2.05, 4.69) is 229 Å². The van der Waals surface area contributed by atoms with Crippen molar-refractivity contribution in [1.82, 2.24) is 4.57 Å². The highest BCUT2D eigenvalue weighted by molar-refractivity contribution is 6.18. The quantitative estimate of drug-likeness (QED) is 0.162. The first kappa shape index (κ1) is 33.7. The highest BCUT2D eigenvalue weighted by Gasteiger charge is 2.26. The Bertz CT molecular complexity index is 3230. The van der Waals surface area contributed by atoms with Crippen LogP contribution in [0.2, 0.25) is 0 Å². The van der Waals surface area contributed by atoms with Crippen molar-refractivity contribution < 1.29 is 4.42 Å². The van der Waals surface area contributed by atoms with Crippen LogP contribution in [0.3, 0.4) is 0 Å². The van der Waals surface area contributed by atoms with Crippen LogP contribution in [-0.2, 0) is 0 Å². The van der Waals surface area contributed by atoms with Gasteiger partial charge in [-0.2, -0.15) is 0 Å². The Morgan fingerprint density at radius 2 is 1.02 bits per heavy atom. The normalized spacial score (nSPS) is 11.5. The predicted octanol–water partition coefficient (Wildman–Crippen LogP) is 15.5. The summed E-state index contributed by atoms with van der Waals surface area (Å²) >= 11 is 0. The fraction of sp³-hybridized carbons (Fsp3) is 0.0182. The number of rotatable bonds is 7. The summed E-state index contributed by atoms with van der Waals surface area (Å²) in [5, 5.41) is 4.64. The van der Waals surface area contributed by atoms with E-state index in [4.69, 9.17) is 4.42 Å². The Labute approximate surface area is 337 Å². The van der Waals surface area contributed by atoms with E-state index in [1.807, 2.05) is 0 Å². The Kier molecular flexibility index (Phi) is 8.04. The monoisotopic (exact) mass is 742 g/mol. The molecule has 0 bridgehead atoms. The number of fused-ring (bicyclic) bond motifs is 6. The molecule has 0 N–H and O–H groups in total. The topological polar surface area (TPSA) is 21.3 Å². The van der Waals surface area contributed by atoms with Gasteiger partial charge in [-0.05, 0) is 101 Å². The van der Waals surface area contributed by atoms with E-state index in [0.29, 0.717) is 0 Å². The second kappa shape index (κ2) is 13.8. The molecule has 0 radical (unpaired) electrons. The fourth-order valence-electron chi connectivity index (χ4n) is 8.91. The van der Waals surface area contributed by atoms with Gasteiger partial charge in [-0.25, -0.2) is 0 Å². The number of hydrogen-bond acceptors (Lipinski definition) is 2. The van der Waals surface area contributed by atoms with Crippen molar-refractivity contribution in [1.29, 1.82) is 0 Å². The summed E-state index contributed by atoms with van der Waals surface area (Å²) in [7, 11) is 0. The maximum absolute atomic E-state index is 6.96. The lowest BCUT2D eigenvalue weighted by Gasteiger charge is -2.31. The molecule has 11 aromatic rings. The minimum Gasteiger partial charge on any atom is -0.455 e. The van der Waals surface area contributed by atoms with Gasteiger partial charge in [-0.15, -0.1) is 0 Å². The number of para-hydroxylation sites is 4. The summed E-state index contributed by atoms with van der Waals surface area (Å²) < 4.78 is 9.34. The molecule has 0 saturated carbocycles. The van der Waals surface area contributed by atoms with Crippen molar-refractivity contribution in [2.45, 2.75) is 6.92 Å². The highest BCUT2D eigenvalue weighted by Crippen LogP contribution is 2.50. The molecule has 274 valence electrons. The number of benzene rings is 9. The first-order valence-corrected chi connectivity index (χ1v) is 19.9. The Balaban J connectivity index is 1.17. The van der Waals surface area contributed by atoms with Gasteiger partial charge in [0.2, 0.25) is 0 Å². The van der Waals surface area contributed by atoms with Gasteiger partial charge in [0.1, 0.15) is 11.2 Å². The molecule has 9 aromatic carbocycles. The van der Waals surface area contributed by atoms with Crippen LogP contribution in [0.1, 0.15) is 5.56 Å². The number of furan rings is 1. The predicted molar refractivity (Wildman–Crippen MR) is 244 cm³/mol. The molecule has 0 aliphatic heterocycles. The average molecular weight is 743 g/mol. The third-order valence-corrected chi connectivity index (χ3v) is 11.5. The lowest BCUT2D eigenvalue weighted by molar-refractivity contribution is 0.670. The molecule has 0 aliphatic rings. The Hall–Kier alpha value is -7.62. The van der Waals surface area contributed by atoms with Gasteiger partial charge in [-0.3, -0.25) is 0 Å². The highest BCUT2D eigenvalue weighted by atomic mass is 16.3. The van der Waals surface area contributed by atoms with Crippen LogP contribution in [0.15, 0.2) is 217 Å². The van der Waals surface area contributed by atoms with Gasteiger partial charge in [0.25, 0.3) is 0 Å². The molecule has 0 atom stereocenters. The van der Waals surface area contributed by atoms with E-state index < -0.39 is 0 Å². The maximum Gasteiger partial charge on any atom is 0.145 e. The summed E-state index contributed by atoms with van der Waals surface area (Å²) in [4.78, 5) is 2.44. The lowest BCUT2D eigenvalue weighted by atomic mass is 9.92. The zero-order valence-corrected chi connectivity index (χ0v) is 32.0. The van der Waals surface area contributed by atoms with Crippen LogP contribution in [0.25, 0.3) is 82.8 Å². The van der Waals surface area contributed by atoms with Crippen molar-refractivity contribution in [2.24, 2.45) is 0 Å².